The van der Waals surface area contributed by atoms with Gasteiger partial charge in [0.1, 0.15) is 36.3 Å². The highest BCUT2D eigenvalue weighted by molar-refractivity contribution is 8.13. The highest BCUT2D eigenvalue weighted by Gasteiger charge is 2.50. The van der Waals surface area contributed by atoms with Gasteiger partial charge in [0.05, 0.1) is 26.1 Å². The Bertz CT molecular complexity index is 1760. The first kappa shape index (κ1) is 45.9. The van der Waals surface area contributed by atoms with Gasteiger partial charge in [0, 0.05) is 37.1 Å². The average Bonchev–Trinajstić information content (AvgIpc) is 3.64. The standard InChI is InChI=1S/C24H40N7O19P3S/c1-24(2,19(36)22(37)27-5-3-14(33)26-6-8-54-15(34)4-7-32)10-46-53(43,44)50-49-52(41,42)45-9-13-18(48-51(38,39)40)17(35)23(47-13)31-12-30-16-20(25)28-11-29-21(16)31/h11-13,17-19,23,32,35-36H,3-10H2,1-2H3,(H,26,33)(H,27,37)(H,41,42)(H,43,44)(H2,25,28,29)(H2,38,39,40)/t13-,17-,18-,19-,23-/m1/s1. The Labute approximate surface area is 309 Å². The van der Waals surface area contributed by atoms with E-state index < -0.39 is 84.6 Å². The fourth-order valence-corrected chi connectivity index (χ4v) is 7.24. The Morgan fingerprint density at radius 2 is 1.70 bits per heavy atom. The van der Waals surface area contributed by atoms with Crippen LogP contribution in [-0.4, -0.2) is 134 Å². The number of carbonyl (C=O) groups excluding carboxylic acids is 3. The Balaban J connectivity index is 1.48. The number of aliphatic hydroxyl groups excluding tert-OH is 3. The Kier molecular flexibility index (Phi) is 16.6. The van der Waals surface area contributed by atoms with Gasteiger partial charge >= 0.3 is 23.5 Å². The molecule has 0 radical (unpaired) electrons. The predicted octanol–water partition coefficient (Wildman–Crippen LogP) is -2.02. The molecule has 1 aliphatic heterocycles. The van der Waals surface area contributed by atoms with E-state index in [0.29, 0.717) is 0 Å². The lowest BCUT2D eigenvalue weighted by Gasteiger charge is -2.29. The van der Waals surface area contributed by atoms with Gasteiger partial charge in [-0.3, -0.25) is 32.5 Å². The van der Waals surface area contributed by atoms with Crippen LogP contribution in [0.2, 0.25) is 0 Å². The van der Waals surface area contributed by atoms with Gasteiger partial charge in [0.2, 0.25) is 11.8 Å². The molecule has 0 aromatic carbocycles. The molecule has 2 amide bonds. The summed E-state index contributed by atoms with van der Waals surface area (Å²) in [5, 5.41) is 34.6. The number of aliphatic hydroxyl groups is 3. The van der Waals surface area contributed by atoms with E-state index in [1.54, 1.807) is 0 Å². The summed E-state index contributed by atoms with van der Waals surface area (Å²) in [5.74, 6) is -1.23. The van der Waals surface area contributed by atoms with Gasteiger partial charge in [-0.1, -0.05) is 25.6 Å². The number of amides is 2. The van der Waals surface area contributed by atoms with Crippen LogP contribution in [0.25, 0.3) is 11.2 Å². The molecule has 11 N–H and O–H groups in total. The largest absolute Gasteiger partial charge is 0.500 e. The van der Waals surface area contributed by atoms with Crippen LogP contribution >= 0.6 is 35.2 Å². The smallest absolute Gasteiger partial charge is 0.396 e. The maximum atomic E-state index is 12.5. The van der Waals surface area contributed by atoms with Crippen LogP contribution in [0.1, 0.15) is 32.9 Å². The molecular weight excluding hydrogens is 815 g/mol. The van der Waals surface area contributed by atoms with E-state index in [9.17, 15) is 57.9 Å². The van der Waals surface area contributed by atoms with Crippen molar-refractivity contribution >= 4 is 69.1 Å². The first-order valence-corrected chi connectivity index (χ1v) is 20.9. The highest BCUT2D eigenvalue weighted by atomic mass is 32.2. The summed E-state index contributed by atoms with van der Waals surface area (Å²) in [6, 6.07) is 0. The molecule has 3 rings (SSSR count). The molecule has 26 nitrogen and oxygen atoms in total. The van der Waals surface area contributed by atoms with E-state index in [4.69, 9.17) is 20.1 Å². The zero-order valence-corrected chi connectivity index (χ0v) is 31.8. The molecule has 0 bridgehead atoms. The molecule has 1 fully saturated rings. The summed E-state index contributed by atoms with van der Waals surface area (Å²) < 4.78 is 65.3. The minimum absolute atomic E-state index is 0.0128. The van der Waals surface area contributed by atoms with Crippen LogP contribution in [0.3, 0.4) is 0 Å². The quantitative estimate of drug-likeness (QED) is 0.0264. The van der Waals surface area contributed by atoms with Crippen molar-refractivity contribution in [2.45, 2.75) is 57.3 Å². The van der Waals surface area contributed by atoms with Crippen molar-refractivity contribution in [3.05, 3.63) is 12.7 Å². The summed E-state index contributed by atoms with van der Waals surface area (Å²) in [6.45, 7) is 0.173. The molecule has 1 aliphatic rings. The minimum Gasteiger partial charge on any atom is -0.396 e. The number of nitrogen functional groups attached to an aromatic ring is 1. The van der Waals surface area contributed by atoms with Crippen LogP contribution in [0.4, 0.5) is 5.82 Å². The van der Waals surface area contributed by atoms with E-state index in [-0.39, 0.29) is 60.4 Å². The van der Waals surface area contributed by atoms with Gasteiger partial charge in [-0.25, -0.2) is 28.6 Å². The summed E-state index contributed by atoms with van der Waals surface area (Å²) in [4.78, 5) is 86.2. The van der Waals surface area contributed by atoms with Crippen molar-refractivity contribution in [2.75, 3.05) is 44.4 Å². The van der Waals surface area contributed by atoms with Crippen molar-refractivity contribution in [1.29, 1.82) is 0 Å². The second-order valence-corrected chi connectivity index (χ2v) is 16.9. The number of anilines is 1. The number of aromatic nitrogens is 4. The molecule has 2 unspecified atom stereocenters. The Morgan fingerprint density at radius 3 is 2.35 bits per heavy atom. The summed E-state index contributed by atoms with van der Waals surface area (Å²) in [6.07, 6.45) is -6.92. The third kappa shape index (κ3) is 13.9. The van der Waals surface area contributed by atoms with Gasteiger partial charge in [-0.15, -0.1) is 9.35 Å². The number of ether oxygens (including phenoxy) is 1. The predicted molar refractivity (Wildman–Crippen MR) is 180 cm³/mol. The SMILES string of the molecule is CC(C)(COP(=O)(O)OOP(=O)(O)OC[C@H]1O[C@@H](n2cnc3c(N)ncnc32)[C@H](O)[C@@H]1OP(=O)(O)O)[C@H](O)C(=O)NCCC(=O)NCCSC(=O)CCO. The van der Waals surface area contributed by atoms with Crippen molar-refractivity contribution in [1.82, 2.24) is 30.2 Å². The zero-order chi connectivity index (χ0) is 40.5. The van der Waals surface area contributed by atoms with Gasteiger partial charge in [0.15, 0.2) is 22.8 Å². The molecule has 3 heterocycles. The number of nitrogens with one attached hydrogen (secondary N) is 2. The van der Waals surface area contributed by atoms with Crippen LogP contribution in [0.15, 0.2) is 12.7 Å². The second kappa shape index (κ2) is 19.6. The summed E-state index contributed by atoms with van der Waals surface area (Å²) in [7, 11) is -16.2. The fraction of sp³-hybridized carbons (Fsp3) is 0.667. The fourth-order valence-electron chi connectivity index (χ4n) is 4.41. The van der Waals surface area contributed by atoms with Crippen LogP contribution < -0.4 is 16.4 Å². The number of rotatable bonds is 22. The number of hydrogen-bond acceptors (Lipinski definition) is 20. The average molecular weight is 856 g/mol. The maximum absolute atomic E-state index is 12.5. The monoisotopic (exact) mass is 855 g/mol. The van der Waals surface area contributed by atoms with Crippen LogP contribution in [0.5, 0.6) is 0 Å². The van der Waals surface area contributed by atoms with Crippen LogP contribution in [-0.2, 0) is 55.7 Å². The van der Waals surface area contributed by atoms with E-state index in [2.05, 4.69) is 44.0 Å². The molecule has 54 heavy (non-hydrogen) atoms. The zero-order valence-electron chi connectivity index (χ0n) is 28.3. The molecule has 0 spiro atoms. The maximum Gasteiger partial charge on any atom is 0.500 e. The van der Waals surface area contributed by atoms with E-state index >= 15 is 0 Å². The first-order valence-electron chi connectivity index (χ1n) is 15.4. The second-order valence-electron chi connectivity index (χ2n) is 11.8. The molecule has 0 saturated carbocycles. The van der Waals surface area contributed by atoms with Gasteiger partial charge in [-0.2, -0.15) is 0 Å². The van der Waals surface area contributed by atoms with Gasteiger partial charge in [0.25, 0.3) is 0 Å². The lowest BCUT2D eigenvalue weighted by Crippen LogP contribution is -2.46. The molecule has 7 atom stereocenters. The van der Waals surface area contributed by atoms with Crippen molar-refractivity contribution in [2.24, 2.45) is 5.41 Å². The normalized spacial score (nSPS) is 22.0. The van der Waals surface area contributed by atoms with E-state index in [1.807, 2.05) is 0 Å². The highest BCUT2D eigenvalue weighted by Crippen LogP contribution is 2.54. The number of thioether (sulfide) groups is 1. The lowest BCUT2D eigenvalue weighted by atomic mass is 9.87. The summed E-state index contributed by atoms with van der Waals surface area (Å²) in [5.41, 5.74) is 4.26. The number of hydrogen-bond donors (Lipinski definition) is 10. The molecule has 1 saturated heterocycles. The number of carbonyl (C=O) groups is 3. The first-order chi connectivity index (χ1) is 25.1. The van der Waals surface area contributed by atoms with Crippen molar-refractivity contribution in [3.63, 3.8) is 0 Å². The number of phosphoric acid groups is 3. The lowest BCUT2D eigenvalue weighted by molar-refractivity contribution is -0.158. The summed E-state index contributed by atoms with van der Waals surface area (Å²) >= 11 is 0.935. The van der Waals surface area contributed by atoms with E-state index in [0.717, 1.165) is 29.0 Å². The number of phosphoric ester groups is 3. The van der Waals surface area contributed by atoms with E-state index in [1.165, 1.54) is 13.8 Å². The minimum atomic E-state index is -5.47. The molecule has 0 aliphatic carbocycles. The molecule has 306 valence electrons. The van der Waals surface area contributed by atoms with Gasteiger partial charge in [-0.05, 0) is 0 Å². The third-order valence-electron chi connectivity index (χ3n) is 7.10. The molecule has 2 aromatic heterocycles. The Hall–Kier alpha value is -2.52. The number of nitrogens with two attached hydrogens (primary N) is 1. The third-order valence-corrected chi connectivity index (χ3v) is 10.1. The van der Waals surface area contributed by atoms with Crippen molar-refractivity contribution < 1.29 is 90.6 Å². The Morgan fingerprint density at radius 1 is 1.04 bits per heavy atom. The molecule has 2 aromatic rings. The number of fused-ring (bicyclic) bond motifs is 1. The molecule has 30 heteroatoms. The number of nitrogens with zero attached hydrogens (tertiary/aromatic N) is 4. The molecular formula is C24H40N7O19P3S. The van der Waals surface area contributed by atoms with Crippen molar-refractivity contribution in [3.8, 4) is 0 Å². The number of imidazole rings is 1. The van der Waals surface area contributed by atoms with Crippen LogP contribution in [0, 0.1) is 5.41 Å². The topological polar surface area (TPSA) is 393 Å². The van der Waals surface area contributed by atoms with Gasteiger partial charge < -0.3 is 56.0 Å².